The summed E-state index contributed by atoms with van der Waals surface area (Å²) in [5.41, 5.74) is 10.1. The molecule has 6 heteroatoms. The summed E-state index contributed by atoms with van der Waals surface area (Å²) < 4.78 is 15.5. The largest absolute Gasteiger partial charge is 0.397 e. The molecule has 0 spiro atoms. The van der Waals surface area contributed by atoms with E-state index in [0.717, 1.165) is 17.0 Å². The van der Waals surface area contributed by atoms with Crippen molar-refractivity contribution < 1.29 is 4.39 Å². The highest BCUT2D eigenvalue weighted by molar-refractivity contribution is 9.10. The molecule has 2 aromatic rings. The number of hydrogen-bond donors (Lipinski definition) is 2. The van der Waals surface area contributed by atoms with E-state index in [4.69, 9.17) is 5.73 Å². The number of benzene rings is 1. The van der Waals surface area contributed by atoms with E-state index in [1.165, 1.54) is 6.07 Å². The molecular formula is C13H16BrFN4. The number of nitrogens with zero attached hydrogens (tertiary/aromatic N) is 2. The van der Waals surface area contributed by atoms with Crippen molar-refractivity contribution in [1.82, 2.24) is 9.78 Å². The zero-order valence-corrected chi connectivity index (χ0v) is 12.7. The fourth-order valence-electron chi connectivity index (χ4n) is 1.97. The summed E-state index contributed by atoms with van der Waals surface area (Å²) in [7, 11) is 1.91. The number of anilines is 2. The first-order chi connectivity index (χ1) is 8.90. The van der Waals surface area contributed by atoms with Gasteiger partial charge in [-0.1, -0.05) is 0 Å². The molecule has 1 aromatic carbocycles. The molecule has 0 fully saturated rings. The summed E-state index contributed by atoms with van der Waals surface area (Å²) >= 11 is 3.15. The second kappa shape index (κ2) is 5.21. The SMILES string of the molecule is Cc1nn(C)c(C)c1CNc1cc(Br)c(F)cc1N. The van der Waals surface area contributed by atoms with Crippen molar-refractivity contribution >= 4 is 27.3 Å². The number of halogens is 2. The Bertz CT molecular complexity index is 622. The van der Waals surface area contributed by atoms with Crippen LogP contribution >= 0.6 is 15.9 Å². The monoisotopic (exact) mass is 326 g/mol. The maximum absolute atomic E-state index is 13.3. The molecule has 0 unspecified atom stereocenters. The molecule has 2 rings (SSSR count). The van der Waals surface area contributed by atoms with E-state index in [0.29, 0.717) is 22.4 Å². The van der Waals surface area contributed by atoms with Crippen LogP contribution in [-0.2, 0) is 13.6 Å². The fourth-order valence-corrected chi connectivity index (χ4v) is 2.32. The number of nitrogens with two attached hydrogens (primary N) is 1. The van der Waals surface area contributed by atoms with Gasteiger partial charge in [0.2, 0.25) is 0 Å². The molecule has 0 saturated heterocycles. The summed E-state index contributed by atoms with van der Waals surface area (Å²) in [6, 6.07) is 2.95. The lowest BCUT2D eigenvalue weighted by Crippen LogP contribution is -2.05. The third-order valence-corrected chi connectivity index (χ3v) is 3.81. The molecular weight excluding hydrogens is 311 g/mol. The van der Waals surface area contributed by atoms with Gasteiger partial charge in [0, 0.05) is 30.9 Å². The Balaban J connectivity index is 2.21. The van der Waals surface area contributed by atoms with Crippen molar-refractivity contribution in [2.75, 3.05) is 11.1 Å². The molecule has 1 aromatic heterocycles. The number of aryl methyl sites for hydroxylation is 2. The predicted octanol–water partition coefficient (Wildman–Crippen LogP) is 3.13. The van der Waals surface area contributed by atoms with Crippen LogP contribution in [0.15, 0.2) is 16.6 Å². The lowest BCUT2D eigenvalue weighted by molar-refractivity contribution is 0.622. The minimum atomic E-state index is -0.364. The zero-order chi connectivity index (χ0) is 14.2. The normalized spacial score (nSPS) is 10.8. The Morgan fingerprint density at radius 3 is 2.68 bits per heavy atom. The van der Waals surface area contributed by atoms with E-state index >= 15 is 0 Å². The smallest absolute Gasteiger partial charge is 0.139 e. The maximum atomic E-state index is 13.3. The summed E-state index contributed by atoms with van der Waals surface area (Å²) in [6.07, 6.45) is 0. The van der Waals surface area contributed by atoms with Crippen LogP contribution in [0, 0.1) is 19.7 Å². The number of rotatable bonds is 3. The molecule has 0 bridgehead atoms. The van der Waals surface area contributed by atoms with Gasteiger partial charge < -0.3 is 11.1 Å². The van der Waals surface area contributed by atoms with Crippen molar-refractivity contribution in [3.8, 4) is 0 Å². The van der Waals surface area contributed by atoms with Crippen molar-refractivity contribution in [2.45, 2.75) is 20.4 Å². The van der Waals surface area contributed by atoms with Crippen LogP contribution in [0.2, 0.25) is 0 Å². The van der Waals surface area contributed by atoms with E-state index in [9.17, 15) is 4.39 Å². The Morgan fingerprint density at radius 1 is 1.42 bits per heavy atom. The standard InChI is InChI=1S/C13H16BrFN4/c1-7-9(8(2)19(3)18-7)6-17-13-4-10(14)11(15)5-12(13)16/h4-5,17H,6,16H2,1-3H3. The molecule has 0 amide bonds. The number of hydrogen-bond acceptors (Lipinski definition) is 3. The van der Waals surface area contributed by atoms with Gasteiger partial charge in [0.15, 0.2) is 0 Å². The Kier molecular flexibility index (Phi) is 3.80. The van der Waals surface area contributed by atoms with Gasteiger partial charge in [0.25, 0.3) is 0 Å². The third kappa shape index (κ3) is 2.73. The summed E-state index contributed by atoms with van der Waals surface area (Å²) in [6.45, 7) is 4.59. The van der Waals surface area contributed by atoms with Gasteiger partial charge in [-0.2, -0.15) is 5.10 Å². The molecule has 0 aliphatic heterocycles. The summed E-state index contributed by atoms with van der Waals surface area (Å²) in [5.74, 6) is -0.364. The second-order valence-electron chi connectivity index (χ2n) is 4.48. The van der Waals surface area contributed by atoms with Gasteiger partial charge in [0.1, 0.15) is 5.82 Å². The minimum absolute atomic E-state index is 0.364. The second-order valence-corrected chi connectivity index (χ2v) is 5.33. The summed E-state index contributed by atoms with van der Waals surface area (Å²) in [4.78, 5) is 0. The van der Waals surface area contributed by atoms with Crippen LogP contribution in [0.4, 0.5) is 15.8 Å². The Labute approximate surface area is 119 Å². The van der Waals surface area contributed by atoms with Crippen LogP contribution < -0.4 is 11.1 Å². The first kappa shape index (κ1) is 13.9. The van der Waals surface area contributed by atoms with Gasteiger partial charge in [0.05, 0.1) is 21.5 Å². The molecule has 1 heterocycles. The van der Waals surface area contributed by atoms with Crippen molar-refractivity contribution in [3.05, 3.63) is 39.4 Å². The first-order valence-corrected chi connectivity index (χ1v) is 6.67. The molecule has 0 saturated carbocycles. The molecule has 4 nitrogen and oxygen atoms in total. The van der Waals surface area contributed by atoms with Crippen LogP contribution in [-0.4, -0.2) is 9.78 Å². The van der Waals surface area contributed by atoms with Gasteiger partial charge in [-0.25, -0.2) is 4.39 Å². The van der Waals surface area contributed by atoms with Crippen molar-refractivity contribution in [3.63, 3.8) is 0 Å². The average Bonchev–Trinajstić information content (AvgIpc) is 2.57. The van der Waals surface area contributed by atoms with Gasteiger partial charge in [-0.15, -0.1) is 0 Å². The van der Waals surface area contributed by atoms with Crippen molar-refractivity contribution in [2.24, 2.45) is 7.05 Å². The van der Waals surface area contributed by atoms with Gasteiger partial charge in [-0.05, 0) is 35.8 Å². The Hall–Kier alpha value is -1.56. The molecule has 0 radical (unpaired) electrons. The predicted molar refractivity (Wildman–Crippen MR) is 78.5 cm³/mol. The van der Waals surface area contributed by atoms with Gasteiger partial charge >= 0.3 is 0 Å². The van der Waals surface area contributed by atoms with E-state index in [2.05, 4.69) is 26.3 Å². The molecule has 0 aliphatic carbocycles. The van der Waals surface area contributed by atoms with Crippen LogP contribution in [0.3, 0.4) is 0 Å². The fraction of sp³-hybridized carbons (Fsp3) is 0.308. The third-order valence-electron chi connectivity index (χ3n) is 3.21. The highest BCUT2D eigenvalue weighted by Crippen LogP contribution is 2.27. The topological polar surface area (TPSA) is 55.9 Å². The zero-order valence-electron chi connectivity index (χ0n) is 11.1. The molecule has 0 aliphatic rings. The van der Waals surface area contributed by atoms with E-state index in [-0.39, 0.29) is 5.82 Å². The quantitative estimate of drug-likeness (QED) is 0.852. The lowest BCUT2D eigenvalue weighted by atomic mass is 10.2. The lowest BCUT2D eigenvalue weighted by Gasteiger charge is -2.10. The molecule has 19 heavy (non-hydrogen) atoms. The minimum Gasteiger partial charge on any atom is -0.397 e. The highest BCUT2D eigenvalue weighted by atomic mass is 79.9. The van der Waals surface area contributed by atoms with Crippen LogP contribution in [0.5, 0.6) is 0 Å². The molecule has 0 atom stereocenters. The highest BCUT2D eigenvalue weighted by Gasteiger charge is 2.10. The van der Waals surface area contributed by atoms with E-state index in [1.807, 2.05) is 25.6 Å². The number of nitrogen functional groups attached to an aromatic ring is 1. The Morgan fingerprint density at radius 2 is 2.11 bits per heavy atom. The number of nitrogens with one attached hydrogen (secondary N) is 1. The first-order valence-electron chi connectivity index (χ1n) is 5.87. The maximum Gasteiger partial charge on any atom is 0.139 e. The molecule has 3 N–H and O–H groups in total. The average molecular weight is 327 g/mol. The van der Waals surface area contributed by atoms with Gasteiger partial charge in [-0.3, -0.25) is 4.68 Å². The van der Waals surface area contributed by atoms with Crippen LogP contribution in [0.25, 0.3) is 0 Å². The number of aromatic nitrogens is 2. The molecule has 102 valence electrons. The summed E-state index contributed by atoms with van der Waals surface area (Å²) in [5, 5.41) is 7.57. The van der Waals surface area contributed by atoms with Crippen molar-refractivity contribution in [1.29, 1.82) is 0 Å². The van der Waals surface area contributed by atoms with E-state index in [1.54, 1.807) is 6.07 Å². The van der Waals surface area contributed by atoms with Crippen LogP contribution in [0.1, 0.15) is 17.0 Å². The van der Waals surface area contributed by atoms with E-state index < -0.39 is 0 Å².